The molecule has 17 heavy (non-hydrogen) atoms. The third-order valence-electron chi connectivity index (χ3n) is 3.43. The number of benzene rings is 1. The molecule has 2 heteroatoms. The molecular formula is C15H19NS. The number of nitrogens with zero attached hydrogens (tertiary/aromatic N) is 1. The maximum absolute atomic E-state index is 9.25. The van der Waals surface area contributed by atoms with Crippen molar-refractivity contribution in [1.29, 1.82) is 5.26 Å². The third kappa shape index (κ3) is 3.51. The second-order valence-corrected chi connectivity index (χ2v) is 6.16. The first kappa shape index (κ1) is 12.5. The molecule has 1 aromatic carbocycles. The standard InChI is InChI=1S/C15H19NS/c1-12-7-9-14(10-8-12)17-15-6-4-2-3-5-13(15)11-16/h7-10,13,15H,2-6H2,1H3. The van der Waals surface area contributed by atoms with Gasteiger partial charge in [0.1, 0.15) is 0 Å². The van der Waals surface area contributed by atoms with Gasteiger partial charge in [-0.2, -0.15) is 5.26 Å². The van der Waals surface area contributed by atoms with E-state index in [4.69, 9.17) is 0 Å². The van der Waals surface area contributed by atoms with Crippen LogP contribution in [0.5, 0.6) is 0 Å². The van der Waals surface area contributed by atoms with Crippen molar-refractivity contribution in [2.45, 2.75) is 49.2 Å². The quantitative estimate of drug-likeness (QED) is 0.713. The fraction of sp³-hybridized carbons (Fsp3) is 0.533. The van der Waals surface area contributed by atoms with Crippen LogP contribution in [0.25, 0.3) is 0 Å². The van der Waals surface area contributed by atoms with E-state index < -0.39 is 0 Å². The predicted molar refractivity (Wildman–Crippen MR) is 73.0 cm³/mol. The summed E-state index contributed by atoms with van der Waals surface area (Å²) >= 11 is 1.90. The van der Waals surface area contributed by atoms with E-state index in [9.17, 15) is 5.26 Å². The minimum Gasteiger partial charge on any atom is -0.198 e. The van der Waals surface area contributed by atoms with E-state index in [0.29, 0.717) is 5.25 Å². The van der Waals surface area contributed by atoms with Gasteiger partial charge >= 0.3 is 0 Å². The zero-order valence-corrected chi connectivity index (χ0v) is 11.2. The molecular weight excluding hydrogens is 226 g/mol. The summed E-state index contributed by atoms with van der Waals surface area (Å²) in [5.74, 6) is 0.240. The van der Waals surface area contributed by atoms with E-state index >= 15 is 0 Å². The van der Waals surface area contributed by atoms with Crippen molar-refractivity contribution in [3.63, 3.8) is 0 Å². The zero-order valence-electron chi connectivity index (χ0n) is 10.4. The van der Waals surface area contributed by atoms with Crippen LogP contribution in [-0.2, 0) is 0 Å². The molecule has 0 heterocycles. The van der Waals surface area contributed by atoms with Crippen molar-refractivity contribution in [1.82, 2.24) is 0 Å². The van der Waals surface area contributed by atoms with E-state index in [1.54, 1.807) is 0 Å². The van der Waals surface area contributed by atoms with Crippen LogP contribution >= 0.6 is 11.8 Å². The van der Waals surface area contributed by atoms with Gasteiger partial charge in [0, 0.05) is 10.1 Å². The first-order valence-corrected chi connectivity index (χ1v) is 7.30. The van der Waals surface area contributed by atoms with Gasteiger partial charge in [0.05, 0.1) is 12.0 Å². The molecule has 0 aromatic heterocycles. The number of nitriles is 1. The first-order chi connectivity index (χ1) is 8.29. The topological polar surface area (TPSA) is 23.8 Å². The smallest absolute Gasteiger partial charge is 0.0667 e. The third-order valence-corrected chi connectivity index (χ3v) is 4.84. The summed E-state index contributed by atoms with van der Waals surface area (Å²) in [5.41, 5.74) is 1.30. The summed E-state index contributed by atoms with van der Waals surface area (Å²) in [4.78, 5) is 1.31. The summed E-state index contributed by atoms with van der Waals surface area (Å²) in [6.07, 6.45) is 6.07. The Hall–Kier alpha value is -0.940. The van der Waals surface area contributed by atoms with Crippen molar-refractivity contribution in [2.24, 2.45) is 5.92 Å². The lowest BCUT2D eigenvalue weighted by molar-refractivity contribution is 0.585. The number of hydrogen-bond donors (Lipinski definition) is 0. The molecule has 0 spiro atoms. The molecule has 1 aliphatic rings. The Kier molecular flexibility index (Phi) is 4.50. The van der Waals surface area contributed by atoms with Gasteiger partial charge in [-0.15, -0.1) is 11.8 Å². The van der Waals surface area contributed by atoms with Gasteiger partial charge in [-0.05, 0) is 31.9 Å². The van der Waals surface area contributed by atoms with E-state index in [2.05, 4.69) is 37.3 Å². The lowest BCUT2D eigenvalue weighted by Crippen LogP contribution is -2.13. The van der Waals surface area contributed by atoms with Gasteiger partial charge in [0.2, 0.25) is 0 Å². The summed E-state index contributed by atoms with van der Waals surface area (Å²) in [7, 11) is 0. The SMILES string of the molecule is Cc1ccc(SC2CCCCCC2C#N)cc1. The van der Waals surface area contributed by atoms with Gasteiger partial charge in [0.15, 0.2) is 0 Å². The van der Waals surface area contributed by atoms with E-state index in [1.807, 2.05) is 11.8 Å². The van der Waals surface area contributed by atoms with Gasteiger partial charge in [-0.3, -0.25) is 0 Å². The molecule has 90 valence electrons. The van der Waals surface area contributed by atoms with Crippen LogP contribution < -0.4 is 0 Å². The Labute approximate surface area is 108 Å². The number of rotatable bonds is 2. The molecule has 1 aliphatic carbocycles. The summed E-state index contributed by atoms with van der Waals surface area (Å²) in [6, 6.07) is 11.2. The fourth-order valence-electron chi connectivity index (χ4n) is 2.35. The maximum Gasteiger partial charge on any atom is 0.0667 e. The van der Waals surface area contributed by atoms with E-state index in [0.717, 1.165) is 6.42 Å². The normalized spacial score (nSPS) is 24.9. The summed E-state index contributed by atoms with van der Waals surface area (Å²) < 4.78 is 0. The number of hydrogen-bond acceptors (Lipinski definition) is 2. The molecule has 1 aromatic rings. The van der Waals surface area contributed by atoms with Gasteiger partial charge in [0.25, 0.3) is 0 Å². The Morgan fingerprint density at radius 2 is 1.82 bits per heavy atom. The van der Waals surface area contributed by atoms with Gasteiger partial charge in [-0.1, -0.05) is 37.0 Å². The van der Waals surface area contributed by atoms with Crippen LogP contribution in [0.3, 0.4) is 0 Å². The monoisotopic (exact) mass is 245 g/mol. The van der Waals surface area contributed by atoms with Crippen LogP contribution in [0.4, 0.5) is 0 Å². The largest absolute Gasteiger partial charge is 0.198 e. The van der Waals surface area contributed by atoms with Crippen molar-refractivity contribution in [3.05, 3.63) is 29.8 Å². The van der Waals surface area contributed by atoms with Gasteiger partial charge < -0.3 is 0 Å². The van der Waals surface area contributed by atoms with E-state index in [-0.39, 0.29) is 5.92 Å². The molecule has 0 radical (unpaired) electrons. The molecule has 2 rings (SSSR count). The summed E-state index contributed by atoms with van der Waals surface area (Å²) in [5, 5.41) is 9.74. The molecule has 0 bridgehead atoms. The Bertz CT molecular complexity index is 390. The van der Waals surface area contributed by atoms with E-state index in [1.165, 1.54) is 36.1 Å². The first-order valence-electron chi connectivity index (χ1n) is 6.42. The summed E-state index contributed by atoms with van der Waals surface area (Å²) in [6.45, 7) is 2.11. The highest BCUT2D eigenvalue weighted by atomic mass is 32.2. The molecule has 2 unspecified atom stereocenters. The highest BCUT2D eigenvalue weighted by molar-refractivity contribution is 8.00. The molecule has 0 N–H and O–H groups in total. The molecule has 0 amide bonds. The lowest BCUT2D eigenvalue weighted by Gasteiger charge is -2.18. The van der Waals surface area contributed by atoms with Crippen LogP contribution in [0.15, 0.2) is 29.2 Å². The lowest BCUT2D eigenvalue weighted by atomic mass is 10.0. The van der Waals surface area contributed by atoms with Crippen molar-refractivity contribution in [2.75, 3.05) is 0 Å². The molecule has 0 aliphatic heterocycles. The average Bonchev–Trinajstić information content (AvgIpc) is 2.57. The molecule has 1 nitrogen and oxygen atoms in total. The predicted octanol–water partition coefficient (Wildman–Crippen LogP) is 4.56. The van der Waals surface area contributed by atoms with Gasteiger partial charge in [-0.25, -0.2) is 0 Å². The Morgan fingerprint density at radius 1 is 1.12 bits per heavy atom. The fourth-order valence-corrected chi connectivity index (χ4v) is 3.64. The van der Waals surface area contributed by atoms with Crippen LogP contribution in [0.1, 0.15) is 37.7 Å². The molecule has 2 atom stereocenters. The second-order valence-electron chi connectivity index (χ2n) is 4.84. The molecule has 0 saturated heterocycles. The van der Waals surface area contributed by atoms with Crippen LogP contribution in [0, 0.1) is 24.2 Å². The van der Waals surface area contributed by atoms with Crippen molar-refractivity contribution < 1.29 is 0 Å². The maximum atomic E-state index is 9.25. The molecule has 1 saturated carbocycles. The molecule has 1 fully saturated rings. The number of aryl methyl sites for hydroxylation is 1. The van der Waals surface area contributed by atoms with Crippen molar-refractivity contribution >= 4 is 11.8 Å². The number of thioether (sulfide) groups is 1. The van der Waals surface area contributed by atoms with Crippen LogP contribution in [-0.4, -0.2) is 5.25 Å². The minimum absolute atomic E-state index is 0.240. The average molecular weight is 245 g/mol. The minimum atomic E-state index is 0.240. The second kappa shape index (κ2) is 6.12. The highest BCUT2D eigenvalue weighted by Gasteiger charge is 2.24. The highest BCUT2D eigenvalue weighted by Crippen LogP contribution is 2.36. The Morgan fingerprint density at radius 3 is 2.53 bits per heavy atom. The van der Waals surface area contributed by atoms with Crippen LogP contribution in [0.2, 0.25) is 0 Å². The van der Waals surface area contributed by atoms with Crippen molar-refractivity contribution in [3.8, 4) is 6.07 Å². The Balaban J connectivity index is 2.05. The zero-order chi connectivity index (χ0) is 12.1.